The van der Waals surface area contributed by atoms with E-state index in [-0.39, 0.29) is 5.91 Å². The van der Waals surface area contributed by atoms with Gasteiger partial charge in [-0.3, -0.25) is 4.79 Å². The third kappa shape index (κ3) is 3.55. The molecule has 0 aliphatic carbocycles. The average molecular weight is 263 g/mol. The Kier molecular flexibility index (Phi) is 4.22. The number of aryl methyl sites for hydroxylation is 2. The Morgan fingerprint density at radius 2 is 1.84 bits per heavy atom. The number of hydrogen-bond acceptors (Lipinski definition) is 2. The van der Waals surface area contributed by atoms with Gasteiger partial charge in [0.15, 0.2) is 6.54 Å². The van der Waals surface area contributed by atoms with Gasteiger partial charge in [0.25, 0.3) is 5.91 Å². The molecule has 4 nitrogen and oxygen atoms in total. The molecule has 0 bridgehead atoms. The fraction of sp³-hybridized carbons (Fsp3) is 0.533. The summed E-state index contributed by atoms with van der Waals surface area (Å²) in [7, 11) is 2.12. The molecule has 4 heteroatoms. The minimum absolute atomic E-state index is 0.0850. The molecule has 1 aromatic carbocycles. The van der Waals surface area contributed by atoms with E-state index in [0.717, 1.165) is 47.6 Å². The summed E-state index contributed by atoms with van der Waals surface area (Å²) in [6.07, 6.45) is 0. The first kappa shape index (κ1) is 14.0. The van der Waals surface area contributed by atoms with Crippen LogP contribution in [0, 0.1) is 13.8 Å². The summed E-state index contributed by atoms with van der Waals surface area (Å²) in [4.78, 5) is 12.2. The SMILES string of the molecule is Cc1cccc(C)c1NC(=O)C[N+]1(C)CCOCC1. The topological polar surface area (TPSA) is 38.3 Å². The summed E-state index contributed by atoms with van der Waals surface area (Å²) < 4.78 is 6.12. The molecule has 0 unspecified atom stereocenters. The maximum atomic E-state index is 12.2. The van der Waals surface area contributed by atoms with Crippen molar-refractivity contribution in [2.45, 2.75) is 13.8 Å². The van der Waals surface area contributed by atoms with E-state index in [1.54, 1.807) is 0 Å². The first-order valence-corrected chi connectivity index (χ1v) is 6.77. The molecule has 1 aromatic rings. The number of quaternary nitrogens is 1. The number of para-hydroxylation sites is 1. The standard InChI is InChI=1S/C15H22N2O2/c1-12-5-4-6-13(2)15(12)16-14(18)11-17(3)7-9-19-10-8-17/h4-6H,7-11H2,1-3H3/p+1. The van der Waals surface area contributed by atoms with Gasteiger partial charge >= 0.3 is 0 Å². The van der Waals surface area contributed by atoms with Gasteiger partial charge in [0.1, 0.15) is 13.1 Å². The van der Waals surface area contributed by atoms with Crippen LogP contribution in [0.3, 0.4) is 0 Å². The average Bonchev–Trinajstić information content (AvgIpc) is 2.34. The molecule has 0 saturated carbocycles. The minimum Gasteiger partial charge on any atom is -0.370 e. The quantitative estimate of drug-likeness (QED) is 0.843. The lowest BCUT2D eigenvalue weighted by Crippen LogP contribution is -2.55. The number of morpholine rings is 1. The number of likely N-dealkylation sites (N-methyl/N-ethyl adjacent to an activating group) is 1. The van der Waals surface area contributed by atoms with Crippen molar-refractivity contribution in [2.24, 2.45) is 0 Å². The van der Waals surface area contributed by atoms with E-state index in [0.29, 0.717) is 6.54 Å². The first-order valence-electron chi connectivity index (χ1n) is 6.77. The van der Waals surface area contributed by atoms with Gasteiger partial charge in [-0.05, 0) is 25.0 Å². The lowest BCUT2D eigenvalue weighted by Gasteiger charge is -2.36. The third-order valence-corrected chi connectivity index (χ3v) is 3.82. The number of nitrogens with one attached hydrogen (secondary N) is 1. The molecule has 19 heavy (non-hydrogen) atoms. The number of rotatable bonds is 3. The number of anilines is 1. The van der Waals surface area contributed by atoms with Crippen molar-refractivity contribution < 1.29 is 14.0 Å². The summed E-state index contributed by atoms with van der Waals surface area (Å²) in [6, 6.07) is 6.05. The predicted octanol–water partition coefficient (Wildman–Crippen LogP) is 1.72. The predicted molar refractivity (Wildman–Crippen MR) is 76.2 cm³/mol. The Morgan fingerprint density at radius 3 is 2.42 bits per heavy atom. The maximum absolute atomic E-state index is 12.2. The molecule has 1 saturated heterocycles. The number of amides is 1. The van der Waals surface area contributed by atoms with Crippen LogP contribution in [0.15, 0.2) is 18.2 Å². The van der Waals surface area contributed by atoms with Crippen LogP contribution in [0.2, 0.25) is 0 Å². The van der Waals surface area contributed by atoms with Gasteiger partial charge in [0, 0.05) is 5.69 Å². The van der Waals surface area contributed by atoms with Crippen LogP contribution in [0.4, 0.5) is 5.69 Å². The van der Waals surface area contributed by atoms with E-state index in [2.05, 4.69) is 12.4 Å². The zero-order valence-corrected chi connectivity index (χ0v) is 12.0. The van der Waals surface area contributed by atoms with Crippen LogP contribution in [-0.2, 0) is 9.53 Å². The molecule has 1 heterocycles. The highest BCUT2D eigenvalue weighted by Crippen LogP contribution is 2.19. The summed E-state index contributed by atoms with van der Waals surface area (Å²) >= 11 is 0. The molecule has 1 fully saturated rings. The van der Waals surface area contributed by atoms with Gasteiger partial charge in [-0.25, -0.2) is 0 Å². The van der Waals surface area contributed by atoms with Gasteiger partial charge in [0.2, 0.25) is 0 Å². The minimum atomic E-state index is 0.0850. The van der Waals surface area contributed by atoms with Crippen LogP contribution >= 0.6 is 0 Å². The number of benzene rings is 1. The van der Waals surface area contributed by atoms with E-state index in [9.17, 15) is 4.79 Å². The Morgan fingerprint density at radius 1 is 1.26 bits per heavy atom. The number of carbonyl (C=O) groups excluding carboxylic acids is 1. The van der Waals surface area contributed by atoms with Gasteiger partial charge in [0.05, 0.1) is 20.3 Å². The summed E-state index contributed by atoms with van der Waals surface area (Å²) in [5, 5.41) is 3.06. The molecule has 0 spiro atoms. The largest absolute Gasteiger partial charge is 0.370 e. The summed E-state index contributed by atoms with van der Waals surface area (Å²) in [5.74, 6) is 0.0850. The highest BCUT2D eigenvalue weighted by molar-refractivity contribution is 5.93. The van der Waals surface area contributed by atoms with E-state index in [1.165, 1.54) is 0 Å². The Balaban J connectivity index is 2.01. The Bertz CT molecular complexity index is 445. The van der Waals surface area contributed by atoms with Crippen molar-refractivity contribution in [3.63, 3.8) is 0 Å². The van der Waals surface area contributed by atoms with Crippen LogP contribution in [0.1, 0.15) is 11.1 Å². The van der Waals surface area contributed by atoms with Gasteiger partial charge in [-0.2, -0.15) is 0 Å². The van der Waals surface area contributed by atoms with Crippen LogP contribution in [0.5, 0.6) is 0 Å². The van der Waals surface area contributed by atoms with Gasteiger partial charge < -0.3 is 14.5 Å². The molecule has 2 rings (SSSR count). The first-order chi connectivity index (χ1) is 9.00. The number of carbonyl (C=O) groups is 1. The van der Waals surface area contributed by atoms with Crippen molar-refractivity contribution in [1.82, 2.24) is 0 Å². The van der Waals surface area contributed by atoms with Crippen molar-refractivity contribution in [2.75, 3.05) is 45.2 Å². The molecule has 0 aromatic heterocycles. The second-order valence-corrected chi connectivity index (χ2v) is 5.65. The van der Waals surface area contributed by atoms with Crippen molar-refractivity contribution in [3.05, 3.63) is 29.3 Å². The zero-order valence-electron chi connectivity index (χ0n) is 12.0. The normalized spacial score (nSPS) is 18.1. The van der Waals surface area contributed by atoms with Crippen LogP contribution in [-0.4, -0.2) is 50.3 Å². The molecule has 1 aliphatic rings. The van der Waals surface area contributed by atoms with Gasteiger partial charge in [-0.1, -0.05) is 18.2 Å². The van der Waals surface area contributed by atoms with E-state index < -0.39 is 0 Å². The Labute approximate surface area is 115 Å². The zero-order chi connectivity index (χ0) is 13.9. The molecular formula is C15H23N2O2+. The molecule has 1 amide bonds. The lowest BCUT2D eigenvalue weighted by molar-refractivity contribution is -0.909. The highest BCUT2D eigenvalue weighted by Gasteiger charge is 2.28. The summed E-state index contributed by atoms with van der Waals surface area (Å²) in [6.45, 7) is 7.85. The fourth-order valence-corrected chi connectivity index (χ4v) is 2.48. The number of ether oxygens (including phenoxy) is 1. The van der Waals surface area contributed by atoms with Crippen molar-refractivity contribution >= 4 is 11.6 Å². The molecule has 104 valence electrons. The second-order valence-electron chi connectivity index (χ2n) is 5.65. The van der Waals surface area contributed by atoms with Crippen LogP contribution in [0.25, 0.3) is 0 Å². The highest BCUT2D eigenvalue weighted by atomic mass is 16.5. The molecule has 0 radical (unpaired) electrons. The molecule has 1 aliphatic heterocycles. The van der Waals surface area contributed by atoms with Crippen molar-refractivity contribution in [3.8, 4) is 0 Å². The van der Waals surface area contributed by atoms with Gasteiger partial charge in [-0.15, -0.1) is 0 Å². The van der Waals surface area contributed by atoms with E-state index in [4.69, 9.17) is 4.74 Å². The van der Waals surface area contributed by atoms with Crippen LogP contribution < -0.4 is 5.32 Å². The maximum Gasteiger partial charge on any atom is 0.279 e. The lowest BCUT2D eigenvalue weighted by atomic mass is 10.1. The number of nitrogens with zero attached hydrogens (tertiary/aromatic N) is 1. The smallest absolute Gasteiger partial charge is 0.279 e. The monoisotopic (exact) mass is 263 g/mol. The molecule has 0 atom stereocenters. The van der Waals surface area contributed by atoms with E-state index >= 15 is 0 Å². The molecular weight excluding hydrogens is 240 g/mol. The molecule has 1 N–H and O–H groups in total. The number of hydrogen-bond donors (Lipinski definition) is 1. The third-order valence-electron chi connectivity index (χ3n) is 3.82. The van der Waals surface area contributed by atoms with E-state index in [1.807, 2.05) is 32.0 Å². The summed E-state index contributed by atoms with van der Waals surface area (Å²) in [5.41, 5.74) is 3.17. The second kappa shape index (κ2) is 5.72. The Hall–Kier alpha value is -1.39. The van der Waals surface area contributed by atoms with Crippen molar-refractivity contribution in [1.29, 1.82) is 0 Å². The fourth-order valence-electron chi connectivity index (χ4n) is 2.48.